The zero-order valence-corrected chi connectivity index (χ0v) is 13.3. The molecule has 0 aliphatic rings. The van der Waals surface area contributed by atoms with Crippen molar-refractivity contribution in [2.75, 3.05) is 10.6 Å². The first-order valence-electron chi connectivity index (χ1n) is 7.14. The minimum absolute atomic E-state index is 0.115. The molecular formula is C18H20N2O2. The van der Waals surface area contributed by atoms with Gasteiger partial charge in [-0.3, -0.25) is 9.59 Å². The topological polar surface area (TPSA) is 58.2 Å². The molecule has 2 rings (SSSR count). The maximum Gasteiger partial charge on any atom is 0.255 e. The summed E-state index contributed by atoms with van der Waals surface area (Å²) in [6.07, 6.45) is 0. The number of aryl methyl sites for hydroxylation is 2. The van der Waals surface area contributed by atoms with E-state index in [1.807, 2.05) is 45.0 Å². The van der Waals surface area contributed by atoms with Gasteiger partial charge in [-0.05, 0) is 61.7 Å². The molecule has 0 unspecified atom stereocenters. The minimum atomic E-state index is -0.132. The van der Waals surface area contributed by atoms with Gasteiger partial charge in [0.1, 0.15) is 0 Å². The third-order valence-corrected chi connectivity index (χ3v) is 3.64. The standard InChI is InChI=1S/C18H20N2O2/c1-11-6-5-7-16(13(11)3)18(22)20-15-8-9-17(12(2)10-15)19-14(4)21/h5-10H,1-4H3,(H,19,21)(H,20,22). The van der Waals surface area contributed by atoms with E-state index in [-0.39, 0.29) is 11.8 Å². The average molecular weight is 296 g/mol. The van der Waals surface area contributed by atoms with Gasteiger partial charge in [-0.25, -0.2) is 0 Å². The fourth-order valence-electron chi connectivity index (χ4n) is 2.27. The third kappa shape index (κ3) is 3.52. The van der Waals surface area contributed by atoms with Crippen LogP contribution < -0.4 is 10.6 Å². The number of carbonyl (C=O) groups is 2. The van der Waals surface area contributed by atoms with E-state index in [9.17, 15) is 9.59 Å². The molecule has 0 spiro atoms. The summed E-state index contributed by atoms with van der Waals surface area (Å²) in [7, 11) is 0. The van der Waals surface area contributed by atoms with Gasteiger partial charge in [0.15, 0.2) is 0 Å². The Labute approximate surface area is 130 Å². The van der Waals surface area contributed by atoms with Gasteiger partial charge in [-0.15, -0.1) is 0 Å². The van der Waals surface area contributed by atoms with Crippen LogP contribution >= 0.6 is 0 Å². The van der Waals surface area contributed by atoms with E-state index in [0.29, 0.717) is 11.3 Å². The first-order chi connectivity index (χ1) is 10.4. The number of nitrogens with one attached hydrogen (secondary N) is 2. The highest BCUT2D eigenvalue weighted by molar-refractivity contribution is 6.05. The van der Waals surface area contributed by atoms with Gasteiger partial charge in [-0.1, -0.05) is 12.1 Å². The van der Waals surface area contributed by atoms with Crippen molar-refractivity contribution in [2.24, 2.45) is 0 Å². The van der Waals surface area contributed by atoms with Crippen molar-refractivity contribution in [3.05, 3.63) is 58.7 Å². The predicted octanol–water partition coefficient (Wildman–Crippen LogP) is 3.82. The van der Waals surface area contributed by atoms with Crippen LogP contribution in [0.4, 0.5) is 11.4 Å². The number of hydrogen-bond donors (Lipinski definition) is 2. The lowest BCUT2D eigenvalue weighted by atomic mass is 10.0. The fourth-order valence-corrected chi connectivity index (χ4v) is 2.27. The van der Waals surface area contributed by atoms with E-state index < -0.39 is 0 Å². The second-order valence-electron chi connectivity index (χ2n) is 5.41. The van der Waals surface area contributed by atoms with Crippen molar-refractivity contribution in [2.45, 2.75) is 27.7 Å². The van der Waals surface area contributed by atoms with Crippen LogP contribution in [-0.4, -0.2) is 11.8 Å². The van der Waals surface area contributed by atoms with Crippen molar-refractivity contribution in [3.8, 4) is 0 Å². The Morgan fingerprint density at radius 1 is 0.909 bits per heavy atom. The number of hydrogen-bond acceptors (Lipinski definition) is 2. The Bertz CT molecular complexity index is 736. The van der Waals surface area contributed by atoms with E-state index >= 15 is 0 Å². The summed E-state index contributed by atoms with van der Waals surface area (Å²) in [5.74, 6) is -0.247. The highest BCUT2D eigenvalue weighted by atomic mass is 16.2. The van der Waals surface area contributed by atoms with Crippen LogP contribution in [0, 0.1) is 20.8 Å². The Morgan fingerprint density at radius 3 is 2.27 bits per heavy atom. The highest BCUT2D eigenvalue weighted by Crippen LogP contribution is 2.21. The Morgan fingerprint density at radius 2 is 1.64 bits per heavy atom. The summed E-state index contributed by atoms with van der Waals surface area (Å²) < 4.78 is 0. The number of anilines is 2. The van der Waals surface area contributed by atoms with Crippen LogP contribution in [0.3, 0.4) is 0 Å². The first-order valence-corrected chi connectivity index (χ1v) is 7.14. The maximum atomic E-state index is 12.4. The summed E-state index contributed by atoms with van der Waals surface area (Å²) in [6, 6.07) is 11.1. The first kappa shape index (κ1) is 15.8. The molecule has 0 bridgehead atoms. The second kappa shape index (κ2) is 6.43. The zero-order chi connectivity index (χ0) is 16.3. The molecule has 114 valence electrons. The van der Waals surface area contributed by atoms with Gasteiger partial charge in [0.05, 0.1) is 0 Å². The monoisotopic (exact) mass is 296 g/mol. The van der Waals surface area contributed by atoms with Crippen LogP contribution in [0.1, 0.15) is 34.0 Å². The van der Waals surface area contributed by atoms with Crippen molar-refractivity contribution < 1.29 is 9.59 Å². The van der Waals surface area contributed by atoms with Gasteiger partial charge in [0, 0.05) is 23.9 Å². The maximum absolute atomic E-state index is 12.4. The number of rotatable bonds is 3. The quantitative estimate of drug-likeness (QED) is 0.904. The number of amides is 2. The van der Waals surface area contributed by atoms with Crippen LogP contribution in [-0.2, 0) is 4.79 Å². The van der Waals surface area contributed by atoms with Gasteiger partial charge in [0.2, 0.25) is 5.91 Å². The molecule has 2 amide bonds. The zero-order valence-electron chi connectivity index (χ0n) is 13.3. The molecule has 4 nitrogen and oxygen atoms in total. The smallest absolute Gasteiger partial charge is 0.255 e. The van der Waals surface area contributed by atoms with Crippen LogP contribution in [0.15, 0.2) is 36.4 Å². The molecule has 0 aliphatic carbocycles. The largest absolute Gasteiger partial charge is 0.326 e. The fraction of sp³-hybridized carbons (Fsp3) is 0.222. The minimum Gasteiger partial charge on any atom is -0.326 e. The second-order valence-corrected chi connectivity index (χ2v) is 5.41. The van der Waals surface area contributed by atoms with E-state index in [1.165, 1.54) is 6.92 Å². The van der Waals surface area contributed by atoms with E-state index in [2.05, 4.69) is 10.6 Å². The lowest BCUT2D eigenvalue weighted by molar-refractivity contribution is -0.114. The Hall–Kier alpha value is -2.62. The van der Waals surface area contributed by atoms with Crippen molar-refractivity contribution in [1.82, 2.24) is 0 Å². The summed E-state index contributed by atoms with van der Waals surface area (Å²) >= 11 is 0. The molecule has 0 saturated heterocycles. The van der Waals surface area contributed by atoms with Crippen molar-refractivity contribution in [3.63, 3.8) is 0 Å². The normalized spacial score (nSPS) is 10.2. The van der Waals surface area contributed by atoms with Gasteiger partial charge in [-0.2, -0.15) is 0 Å². The van der Waals surface area contributed by atoms with Gasteiger partial charge >= 0.3 is 0 Å². The summed E-state index contributed by atoms with van der Waals surface area (Å²) in [5, 5.41) is 5.65. The summed E-state index contributed by atoms with van der Waals surface area (Å²) in [5.41, 5.74) is 5.09. The van der Waals surface area contributed by atoms with E-state index in [1.54, 1.807) is 12.1 Å². The van der Waals surface area contributed by atoms with Gasteiger partial charge < -0.3 is 10.6 Å². The van der Waals surface area contributed by atoms with Crippen LogP contribution in [0.2, 0.25) is 0 Å². The van der Waals surface area contributed by atoms with E-state index in [0.717, 1.165) is 22.4 Å². The predicted molar refractivity (Wildman–Crippen MR) is 89.4 cm³/mol. The van der Waals surface area contributed by atoms with Gasteiger partial charge in [0.25, 0.3) is 5.91 Å². The highest BCUT2D eigenvalue weighted by Gasteiger charge is 2.11. The molecule has 4 heteroatoms. The molecule has 0 atom stereocenters. The Kier molecular flexibility index (Phi) is 4.61. The Balaban J connectivity index is 2.20. The lowest BCUT2D eigenvalue weighted by Gasteiger charge is -2.12. The molecule has 2 aromatic rings. The van der Waals surface area contributed by atoms with Crippen LogP contribution in [0.25, 0.3) is 0 Å². The van der Waals surface area contributed by atoms with Crippen LogP contribution in [0.5, 0.6) is 0 Å². The summed E-state index contributed by atoms with van der Waals surface area (Å²) in [6.45, 7) is 7.28. The van der Waals surface area contributed by atoms with Crippen molar-refractivity contribution >= 4 is 23.2 Å². The summed E-state index contributed by atoms with van der Waals surface area (Å²) in [4.78, 5) is 23.5. The molecular weight excluding hydrogens is 276 g/mol. The molecule has 0 saturated carbocycles. The average Bonchev–Trinajstić information content (AvgIpc) is 2.44. The molecule has 0 heterocycles. The molecule has 0 fully saturated rings. The molecule has 0 aromatic heterocycles. The molecule has 2 N–H and O–H groups in total. The molecule has 0 aliphatic heterocycles. The van der Waals surface area contributed by atoms with E-state index in [4.69, 9.17) is 0 Å². The molecule has 2 aromatic carbocycles. The lowest BCUT2D eigenvalue weighted by Crippen LogP contribution is -2.14. The molecule has 22 heavy (non-hydrogen) atoms. The number of benzene rings is 2. The molecule has 0 radical (unpaired) electrons. The SMILES string of the molecule is CC(=O)Nc1ccc(NC(=O)c2cccc(C)c2C)cc1C. The number of carbonyl (C=O) groups excluding carboxylic acids is 2. The van der Waals surface area contributed by atoms with Crippen molar-refractivity contribution in [1.29, 1.82) is 0 Å². The third-order valence-electron chi connectivity index (χ3n) is 3.64.